The zero-order valence-electron chi connectivity index (χ0n) is 4.89. The normalized spacial score (nSPS) is 7.38. The zero-order chi connectivity index (χ0) is 6.41. The highest BCUT2D eigenvalue weighted by molar-refractivity contribution is 5.40. The average molecular weight is 111 g/mol. The van der Waals surface area contributed by atoms with Crippen LogP contribution in [0.5, 0.6) is 0 Å². The van der Waals surface area contributed by atoms with Gasteiger partial charge in [-0.2, -0.15) is 0 Å². The smallest absolute Gasteiger partial charge is 0.364 e. The van der Waals surface area contributed by atoms with Gasteiger partial charge < -0.3 is 4.74 Å². The van der Waals surface area contributed by atoms with E-state index in [0.29, 0.717) is 0 Å². The van der Waals surface area contributed by atoms with Crippen LogP contribution in [0.1, 0.15) is 13.8 Å². The van der Waals surface area contributed by atoms with Crippen molar-refractivity contribution in [1.82, 2.24) is 0 Å². The van der Waals surface area contributed by atoms with Crippen LogP contribution in [0.3, 0.4) is 0 Å². The number of carbonyl (C=O) groups excluding carboxylic acids is 1. The van der Waals surface area contributed by atoms with Crippen LogP contribution in [-0.4, -0.2) is 6.47 Å². The van der Waals surface area contributed by atoms with Crippen molar-refractivity contribution in [2.24, 2.45) is 5.92 Å². The third-order valence-corrected chi connectivity index (χ3v) is 0.440. The molecule has 0 N–H and O–H groups in total. The molecule has 0 aromatic rings. The summed E-state index contributed by atoms with van der Waals surface area (Å²) in [6.07, 6.45) is 2.16. The van der Waals surface area contributed by atoms with E-state index in [9.17, 15) is 4.79 Å². The largest absolute Gasteiger partial charge is 0.432 e. The Labute approximate surface area is 48.8 Å². The Hall–Kier alpha value is -0.970. The first-order valence-electron chi connectivity index (χ1n) is 2.31. The number of hydrogen-bond acceptors (Lipinski definition) is 2. The predicted molar refractivity (Wildman–Crippen MR) is 29.4 cm³/mol. The summed E-state index contributed by atoms with van der Waals surface area (Å²) < 4.78 is 3.98. The lowest BCUT2D eigenvalue weighted by Crippen LogP contribution is -1.79. The van der Waals surface area contributed by atoms with Crippen LogP contribution < -0.4 is 0 Å². The molecule has 0 spiro atoms. The second-order valence-electron chi connectivity index (χ2n) is 1.59. The van der Waals surface area contributed by atoms with Gasteiger partial charge in [0.1, 0.15) is 6.11 Å². The van der Waals surface area contributed by atoms with Crippen molar-refractivity contribution in [2.45, 2.75) is 13.8 Å². The van der Waals surface area contributed by atoms with Gasteiger partial charge in [-0.15, -0.1) is 0 Å². The third-order valence-electron chi connectivity index (χ3n) is 0.440. The monoisotopic (exact) mass is 111 g/mol. The third kappa shape index (κ3) is 5.03. The highest BCUT2D eigenvalue weighted by Crippen LogP contribution is 1.84. The number of ether oxygens (including phenoxy) is 1. The molecule has 0 unspecified atom stereocenters. The molecule has 43 valence electrons. The molecule has 0 aromatic carbocycles. The SMILES string of the molecule is CC(C)C#CO[C]=O. The Morgan fingerprint density at radius 2 is 2.12 bits per heavy atom. The van der Waals surface area contributed by atoms with E-state index >= 15 is 0 Å². The van der Waals surface area contributed by atoms with E-state index in [0.717, 1.165) is 0 Å². The molecule has 0 saturated carbocycles. The Morgan fingerprint density at radius 3 is 2.50 bits per heavy atom. The summed E-state index contributed by atoms with van der Waals surface area (Å²) in [6.45, 7) is 5.01. The average Bonchev–Trinajstić information content (AvgIpc) is 1.66. The van der Waals surface area contributed by atoms with Gasteiger partial charge in [0.05, 0.1) is 0 Å². The first-order valence-corrected chi connectivity index (χ1v) is 2.31. The van der Waals surface area contributed by atoms with Gasteiger partial charge in [0, 0.05) is 5.92 Å². The summed E-state index contributed by atoms with van der Waals surface area (Å²) >= 11 is 0. The van der Waals surface area contributed by atoms with Crippen molar-refractivity contribution in [3.63, 3.8) is 0 Å². The van der Waals surface area contributed by atoms with Gasteiger partial charge >= 0.3 is 6.47 Å². The molecule has 0 atom stereocenters. The van der Waals surface area contributed by atoms with Gasteiger partial charge in [0.25, 0.3) is 0 Å². The van der Waals surface area contributed by atoms with Crippen molar-refractivity contribution in [1.29, 1.82) is 0 Å². The van der Waals surface area contributed by atoms with Gasteiger partial charge in [-0.05, 0) is 0 Å². The molecule has 0 aromatic heterocycles. The second kappa shape index (κ2) is 4.20. The Morgan fingerprint density at radius 1 is 1.50 bits per heavy atom. The first kappa shape index (κ1) is 7.03. The minimum Gasteiger partial charge on any atom is -0.364 e. The summed E-state index contributed by atoms with van der Waals surface area (Å²) in [5.41, 5.74) is 0. The second-order valence-corrected chi connectivity index (χ2v) is 1.59. The molecule has 0 heterocycles. The van der Waals surface area contributed by atoms with E-state index in [1.165, 1.54) is 6.47 Å². The Balaban J connectivity index is 3.34. The van der Waals surface area contributed by atoms with Gasteiger partial charge in [-0.25, -0.2) is 4.79 Å². The fraction of sp³-hybridized carbons (Fsp3) is 0.500. The van der Waals surface area contributed by atoms with Gasteiger partial charge in [-0.3, -0.25) is 0 Å². The maximum atomic E-state index is 9.34. The minimum atomic E-state index is 0.239. The molecular formula is C6H7O2. The molecule has 1 radical (unpaired) electrons. The Kier molecular flexibility index (Phi) is 3.69. The van der Waals surface area contributed by atoms with E-state index in [-0.39, 0.29) is 5.92 Å². The molecule has 0 fully saturated rings. The van der Waals surface area contributed by atoms with Crippen LogP contribution in [0, 0.1) is 17.9 Å². The number of rotatable bonds is 1. The van der Waals surface area contributed by atoms with E-state index in [2.05, 4.69) is 16.8 Å². The van der Waals surface area contributed by atoms with Crippen molar-refractivity contribution in [3.05, 3.63) is 0 Å². The first-order chi connectivity index (χ1) is 3.77. The van der Waals surface area contributed by atoms with Crippen molar-refractivity contribution in [3.8, 4) is 12.0 Å². The fourth-order valence-corrected chi connectivity index (χ4v) is 0.168. The van der Waals surface area contributed by atoms with E-state index in [4.69, 9.17) is 0 Å². The molecule has 0 rings (SSSR count). The molecule has 0 aliphatic carbocycles. The predicted octanol–water partition coefficient (Wildman–Crippen LogP) is 0.687. The highest BCUT2D eigenvalue weighted by Gasteiger charge is 1.79. The quantitative estimate of drug-likeness (QED) is 0.465. The molecule has 0 aliphatic rings. The van der Waals surface area contributed by atoms with Crippen molar-refractivity contribution in [2.75, 3.05) is 0 Å². The summed E-state index contributed by atoms with van der Waals surface area (Å²) in [7, 11) is 0. The maximum Gasteiger partial charge on any atom is 0.432 e. The molecule has 0 amide bonds. The molecule has 2 heteroatoms. The van der Waals surface area contributed by atoms with Crippen LogP contribution in [0.4, 0.5) is 0 Å². The lowest BCUT2D eigenvalue weighted by molar-refractivity contribution is 0.419. The van der Waals surface area contributed by atoms with Crippen LogP contribution >= 0.6 is 0 Å². The fourth-order valence-electron chi connectivity index (χ4n) is 0.168. The molecule has 0 saturated heterocycles. The van der Waals surface area contributed by atoms with Crippen LogP contribution in [-0.2, 0) is 9.53 Å². The summed E-state index contributed by atoms with van der Waals surface area (Å²) in [5, 5.41) is 0. The maximum absolute atomic E-state index is 9.34. The lowest BCUT2D eigenvalue weighted by atomic mass is 10.2. The number of hydrogen-bond donors (Lipinski definition) is 0. The summed E-state index contributed by atoms with van der Waals surface area (Å²) in [4.78, 5) is 9.34. The topological polar surface area (TPSA) is 26.3 Å². The minimum absolute atomic E-state index is 0.239. The van der Waals surface area contributed by atoms with Crippen molar-refractivity contribution >= 4 is 6.47 Å². The van der Waals surface area contributed by atoms with Gasteiger partial charge in [0.15, 0.2) is 0 Å². The molecule has 0 bridgehead atoms. The standard InChI is InChI=1S/C6H7O2/c1-6(2)3-4-8-5-7/h6H,1-2H3. The van der Waals surface area contributed by atoms with Gasteiger partial charge in [-0.1, -0.05) is 19.8 Å². The Bertz CT molecular complexity index is 116. The summed E-state index contributed by atoms with van der Waals surface area (Å²) in [5.74, 6) is 2.85. The molecule has 2 nitrogen and oxygen atoms in total. The van der Waals surface area contributed by atoms with Gasteiger partial charge in [0.2, 0.25) is 0 Å². The van der Waals surface area contributed by atoms with Crippen LogP contribution in [0.15, 0.2) is 0 Å². The van der Waals surface area contributed by atoms with E-state index in [1.54, 1.807) is 0 Å². The zero-order valence-corrected chi connectivity index (χ0v) is 4.89. The summed E-state index contributed by atoms with van der Waals surface area (Å²) in [6, 6.07) is 0. The van der Waals surface area contributed by atoms with Crippen LogP contribution in [0.25, 0.3) is 0 Å². The van der Waals surface area contributed by atoms with E-state index in [1.807, 2.05) is 13.8 Å². The molecule has 8 heavy (non-hydrogen) atoms. The highest BCUT2D eigenvalue weighted by atomic mass is 16.5. The van der Waals surface area contributed by atoms with Crippen LogP contribution in [0.2, 0.25) is 0 Å². The lowest BCUT2D eigenvalue weighted by Gasteiger charge is -1.82. The van der Waals surface area contributed by atoms with E-state index < -0.39 is 0 Å². The molecular weight excluding hydrogens is 104 g/mol. The molecule has 0 aliphatic heterocycles. The van der Waals surface area contributed by atoms with Crippen molar-refractivity contribution < 1.29 is 9.53 Å².